The van der Waals surface area contributed by atoms with Gasteiger partial charge in [0.1, 0.15) is 6.10 Å². The fraction of sp³-hybridized carbons (Fsp3) is 0.286. The number of aromatic nitrogens is 1. The minimum absolute atomic E-state index is 0.0917. The summed E-state index contributed by atoms with van der Waals surface area (Å²) in [6.07, 6.45) is 1.42. The van der Waals surface area contributed by atoms with Gasteiger partial charge in [0, 0.05) is 21.1 Å². The minimum atomic E-state index is -0.319. The van der Waals surface area contributed by atoms with E-state index in [0.717, 1.165) is 24.1 Å². The van der Waals surface area contributed by atoms with Crippen LogP contribution < -0.4 is 5.32 Å². The molecule has 104 valence electrons. The van der Waals surface area contributed by atoms with Crippen LogP contribution in [-0.4, -0.2) is 23.6 Å². The van der Waals surface area contributed by atoms with E-state index in [9.17, 15) is 4.79 Å². The maximum absolute atomic E-state index is 11.9. The van der Waals surface area contributed by atoms with Crippen LogP contribution in [0, 0.1) is 3.57 Å². The van der Waals surface area contributed by atoms with Crippen molar-refractivity contribution in [3.05, 3.63) is 33.2 Å². The Morgan fingerprint density at radius 1 is 1.40 bits per heavy atom. The highest BCUT2D eigenvalue weighted by atomic mass is 127. The summed E-state index contributed by atoms with van der Waals surface area (Å²) in [5, 5.41) is 5.40. The quantitative estimate of drug-likeness (QED) is 0.803. The molecular formula is C14H13IN2O2S. The number of nitrogens with zero attached hydrogens (tertiary/aromatic N) is 1. The van der Waals surface area contributed by atoms with E-state index in [1.165, 1.54) is 14.9 Å². The predicted octanol–water partition coefficient (Wildman–Crippen LogP) is 3.53. The minimum Gasteiger partial charge on any atom is -0.368 e. The lowest BCUT2D eigenvalue weighted by atomic mass is 10.2. The van der Waals surface area contributed by atoms with E-state index in [0.29, 0.717) is 11.7 Å². The van der Waals surface area contributed by atoms with Crippen molar-refractivity contribution in [2.24, 2.45) is 0 Å². The summed E-state index contributed by atoms with van der Waals surface area (Å²) in [6.45, 7) is 0.670. The molecular weight excluding hydrogens is 387 g/mol. The van der Waals surface area contributed by atoms with Gasteiger partial charge in [-0.1, -0.05) is 12.1 Å². The number of hydrogen-bond donors (Lipinski definition) is 1. The third-order valence-electron chi connectivity index (χ3n) is 3.10. The third-order valence-corrected chi connectivity index (χ3v) is 4.57. The summed E-state index contributed by atoms with van der Waals surface area (Å²) in [7, 11) is 0. The lowest BCUT2D eigenvalue weighted by Crippen LogP contribution is -2.26. The van der Waals surface area contributed by atoms with Gasteiger partial charge in [-0.15, -0.1) is 11.3 Å². The molecule has 1 aliphatic rings. The molecule has 1 fully saturated rings. The fourth-order valence-electron chi connectivity index (χ4n) is 2.05. The number of ether oxygens (including phenoxy) is 1. The molecule has 6 heteroatoms. The number of carbonyl (C=O) groups excluding carboxylic acids is 1. The van der Waals surface area contributed by atoms with E-state index in [1.54, 1.807) is 0 Å². The number of anilines is 1. The van der Waals surface area contributed by atoms with Gasteiger partial charge in [-0.3, -0.25) is 10.1 Å². The molecule has 1 aromatic carbocycles. The first kappa shape index (κ1) is 14.0. The van der Waals surface area contributed by atoms with Crippen LogP contribution in [0.2, 0.25) is 0 Å². The van der Waals surface area contributed by atoms with E-state index >= 15 is 0 Å². The van der Waals surface area contributed by atoms with Crippen LogP contribution in [0.4, 0.5) is 5.13 Å². The third kappa shape index (κ3) is 3.18. The van der Waals surface area contributed by atoms with Crippen molar-refractivity contribution in [3.63, 3.8) is 0 Å². The second-order valence-electron chi connectivity index (χ2n) is 4.54. The van der Waals surface area contributed by atoms with Crippen LogP contribution in [0.5, 0.6) is 0 Å². The number of amides is 1. The first-order chi connectivity index (χ1) is 9.72. The Morgan fingerprint density at radius 3 is 2.90 bits per heavy atom. The average Bonchev–Trinajstić information content (AvgIpc) is 3.10. The summed E-state index contributed by atoms with van der Waals surface area (Å²) < 4.78 is 6.54. The maximum Gasteiger partial charge on any atom is 0.255 e. The Hall–Kier alpha value is -0.990. The standard InChI is InChI=1S/C14H13IN2O2S/c15-10-5-3-9(4-6-10)11-8-20-14(16-11)17-13(18)12-2-1-7-19-12/h3-6,8,12H,1-2,7H2,(H,16,17,18)/t12-/m1/s1. The largest absolute Gasteiger partial charge is 0.368 e. The monoisotopic (exact) mass is 400 g/mol. The molecule has 1 atom stereocenters. The summed E-state index contributed by atoms with van der Waals surface area (Å²) in [5.74, 6) is -0.0917. The SMILES string of the molecule is O=C(Nc1nc(-c2ccc(I)cc2)cs1)[C@H]1CCCO1. The normalized spacial score (nSPS) is 18.1. The Morgan fingerprint density at radius 2 is 2.20 bits per heavy atom. The highest BCUT2D eigenvalue weighted by Gasteiger charge is 2.24. The zero-order valence-corrected chi connectivity index (χ0v) is 13.6. The molecule has 0 radical (unpaired) electrons. The molecule has 1 aliphatic heterocycles. The van der Waals surface area contributed by atoms with Gasteiger partial charge < -0.3 is 4.74 Å². The van der Waals surface area contributed by atoms with Crippen LogP contribution >= 0.6 is 33.9 Å². The number of nitrogens with one attached hydrogen (secondary N) is 1. The number of benzene rings is 1. The molecule has 1 aromatic heterocycles. The fourth-order valence-corrected chi connectivity index (χ4v) is 3.14. The van der Waals surface area contributed by atoms with Gasteiger partial charge in [0.15, 0.2) is 5.13 Å². The van der Waals surface area contributed by atoms with Crippen LogP contribution in [0.25, 0.3) is 11.3 Å². The van der Waals surface area contributed by atoms with E-state index in [-0.39, 0.29) is 12.0 Å². The molecule has 20 heavy (non-hydrogen) atoms. The van der Waals surface area contributed by atoms with Gasteiger partial charge in [0.05, 0.1) is 5.69 Å². The smallest absolute Gasteiger partial charge is 0.255 e. The van der Waals surface area contributed by atoms with E-state index < -0.39 is 0 Å². The summed E-state index contributed by atoms with van der Waals surface area (Å²) in [6, 6.07) is 8.14. The van der Waals surface area contributed by atoms with Crippen LogP contribution in [0.1, 0.15) is 12.8 Å². The van der Waals surface area contributed by atoms with Gasteiger partial charge in [0.25, 0.3) is 5.91 Å². The molecule has 2 heterocycles. The van der Waals surface area contributed by atoms with Gasteiger partial charge >= 0.3 is 0 Å². The lowest BCUT2D eigenvalue weighted by Gasteiger charge is -2.07. The molecule has 0 aliphatic carbocycles. The number of thiazole rings is 1. The maximum atomic E-state index is 11.9. The van der Waals surface area contributed by atoms with Crippen molar-refractivity contribution < 1.29 is 9.53 Å². The first-order valence-corrected chi connectivity index (χ1v) is 8.32. The summed E-state index contributed by atoms with van der Waals surface area (Å²) >= 11 is 3.71. The van der Waals surface area contributed by atoms with Crippen LogP contribution in [-0.2, 0) is 9.53 Å². The van der Waals surface area contributed by atoms with Gasteiger partial charge in [-0.25, -0.2) is 4.98 Å². The highest BCUT2D eigenvalue weighted by Crippen LogP contribution is 2.26. The number of rotatable bonds is 3. The molecule has 1 N–H and O–H groups in total. The van der Waals surface area contributed by atoms with Gasteiger partial charge in [-0.05, 0) is 47.6 Å². The Labute approximate surface area is 134 Å². The van der Waals surface area contributed by atoms with Crippen molar-refractivity contribution in [1.29, 1.82) is 0 Å². The van der Waals surface area contributed by atoms with Crippen LogP contribution in [0.3, 0.4) is 0 Å². The molecule has 1 amide bonds. The van der Waals surface area contributed by atoms with Gasteiger partial charge in [0.2, 0.25) is 0 Å². The second kappa shape index (κ2) is 6.19. The van der Waals surface area contributed by atoms with Gasteiger partial charge in [-0.2, -0.15) is 0 Å². The Balaban J connectivity index is 1.70. The average molecular weight is 400 g/mol. The van der Waals surface area contributed by atoms with Crippen molar-refractivity contribution in [2.45, 2.75) is 18.9 Å². The molecule has 0 spiro atoms. The lowest BCUT2D eigenvalue weighted by molar-refractivity contribution is -0.124. The molecule has 0 bridgehead atoms. The first-order valence-electron chi connectivity index (χ1n) is 6.36. The van der Waals surface area contributed by atoms with E-state index in [4.69, 9.17) is 4.74 Å². The van der Waals surface area contributed by atoms with Crippen molar-refractivity contribution in [3.8, 4) is 11.3 Å². The van der Waals surface area contributed by atoms with Crippen molar-refractivity contribution >= 4 is 45.0 Å². The van der Waals surface area contributed by atoms with E-state index in [1.807, 2.05) is 29.6 Å². The number of halogens is 1. The van der Waals surface area contributed by atoms with Crippen molar-refractivity contribution in [2.75, 3.05) is 11.9 Å². The Bertz CT molecular complexity index is 606. The molecule has 1 saturated heterocycles. The summed E-state index contributed by atoms with van der Waals surface area (Å²) in [4.78, 5) is 16.4. The molecule has 3 rings (SSSR count). The zero-order valence-electron chi connectivity index (χ0n) is 10.6. The summed E-state index contributed by atoms with van der Waals surface area (Å²) in [5.41, 5.74) is 1.94. The highest BCUT2D eigenvalue weighted by molar-refractivity contribution is 14.1. The Kier molecular flexibility index (Phi) is 4.32. The zero-order chi connectivity index (χ0) is 13.9. The molecule has 0 unspecified atom stereocenters. The second-order valence-corrected chi connectivity index (χ2v) is 6.64. The molecule has 2 aromatic rings. The van der Waals surface area contributed by atoms with Crippen LogP contribution in [0.15, 0.2) is 29.6 Å². The topological polar surface area (TPSA) is 51.2 Å². The van der Waals surface area contributed by atoms with Crippen molar-refractivity contribution in [1.82, 2.24) is 4.98 Å². The number of hydrogen-bond acceptors (Lipinski definition) is 4. The number of carbonyl (C=O) groups is 1. The predicted molar refractivity (Wildman–Crippen MR) is 87.9 cm³/mol. The molecule has 0 saturated carbocycles. The molecule has 4 nitrogen and oxygen atoms in total. The van der Waals surface area contributed by atoms with E-state index in [2.05, 4.69) is 32.9 Å².